The number of hydrogen-bond acceptors (Lipinski definition) is 4. The van der Waals surface area contributed by atoms with Gasteiger partial charge in [0.05, 0.1) is 7.11 Å². The first kappa shape index (κ1) is 24.8. The van der Waals surface area contributed by atoms with Crippen molar-refractivity contribution >= 4 is 23.6 Å². The van der Waals surface area contributed by atoms with Crippen LogP contribution in [-0.2, 0) is 21.9 Å². The summed E-state index contributed by atoms with van der Waals surface area (Å²) < 4.78 is 5.32. The summed E-state index contributed by atoms with van der Waals surface area (Å²) in [6.45, 7) is 4.97. The Bertz CT molecular complexity index is 813. The fourth-order valence-corrected chi connectivity index (χ4v) is 4.21. The van der Waals surface area contributed by atoms with E-state index in [9.17, 15) is 9.59 Å². The maximum Gasteiger partial charge on any atom is 0.242 e. The molecule has 5 nitrogen and oxygen atoms in total. The van der Waals surface area contributed by atoms with Crippen LogP contribution < -0.4 is 10.1 Å². The molecule has 0 radical (unpaired) electrons. The lowest BCUT2D eigenvalue weighted by Gasteiger charge is -2.30. The fraction of sp³-hybridized carbons (Fsp3) is 0.440. The molecule has 2 amide bonds. The maximum atomic E-state index is 13.2. The summed E-state index contributed by atoms with van der Waals surface area (Å²) in [5.41, 5.74) is 2.20. The van der Waals surface area contributed by atoms with Gasteiger partial charge in [-0.3, -0.25) is 9.59 Å². The van der Waals surface area contributed by atoms with Gasteiger partial charge in [-0.1, -0.05) is 56.3 Å². The smallest absolute Gasteiger partial charge is 0.242 e. The van der Waals surface area contributed by atoms with Gasteiger partial charge in [-0.2, -0.15) is 11.8 Å². The van der Waals surface area contributed by atoms with Crippen LogP contribution in [0.5, 0.6) is 5.75 Å². The summed E-state index contributed by atoms with van der Waals surface area (Å²) in [6, 6.07) is 17.4. The molecule has 0 aliphatic heterocycles. The highest BCUT2D eigenvalue weighted by molar-refractivity contribution is 7.98. The molecule has 1 atom stereocenters. The summed E-state index contributed by atoms with van der Waals surface area (Å²) in [6.07, 6.45) is 1.84. The van der Waals surface area contributed by atoms with Crippen molar-refractivity contribution in [2.75, 3.05) is 19.4 Å². The van der Waals surface area contributed by atoms with Crippen molar-refractivity contribution in [3.63, 3.8) is 0 Å². The average molecular weight is 443 g/mol. The highest BCUT2D eigenvalue weighted by atomic mass is 32.2. The summed E-state index contributed by atoms with van der Waals surface area (Å²) in [5, 5.41) is 2.95. The molecule has 0 spiro atoms. The van der Waals surface area contributed by atoms with Crippen LogP contribution >= 0.6 is 11.8 Å². The minimum Gasteiger partial charge on any atom is -0.497 e. The Hall–Kier alpha value is -2.47. The number of ether oxygens (including phenoxy) is 1. The Balaban J connectivity index is 2.06. The molecule has 2 rings (SSSR count). The molecule has 2 aromatic rings. The highest BCUT2D eigenvalue weighted by Crippen LogP contribution is 2.19. The molecular weight excluding hydrogens is 408 g/mol. The minimum absolute atomic E-state index is 0.00174. The molecule has 0 aliphatic rings. The van der Waals surface area contributed by atoms with Crippen LogP contribution in [-0.4, -0.2) is 42.2 Å². The first-order chi connectivity index (χ1) is 15.1. The quantitative estimate of drug-likeness (QED) is 0.459. The van der Waals surface area contributed by atoms with E-state index in [1.807, 2.05) is 56.3 Å². The highest BCUT2D eigenvalue weighted by Gasteiger charge is 2.28. The standard InChI is InChI=1S/C25H34N2O3S/c1-4-15-26-25(29)23(5-2)27(18-21-12-9-13-22(17-21)30-3)24(28)14-16-31-19-20-10-7-6-8-11-20/h6-13,17,23H,4-5,14-16,18-19H2,1-3H3,(H,26,29). The molecule has 6 heteroatoms. The number of nitrogens with zero attached hydrogens (tertiary/aromatic N) is 1. The largest absolute Gasteiger partial charge is 0.497 e. The van der Waals surface area contributed by atoms with Crippen LogP contribution in [0.4, 0.5) is 0 Å². The first-order valence-electron chi connectivity index (χ1n) is 10.9. The number of methoxy groups -OCH3 is 1. The summed E-state index contributed by atoms with van der Waals surface area (Å²) in [4.78, 5) is 27.7. The van der Waals surface area contributed by atoms with Crippen LogP contribution in [0.3, 0.4) is 0 Å². The zero-order chi connectivity index (χ0) is 22.5. The minimum atomic E-state index is -0.482. The van der Waals surface area contributed by atoms with Crippen LogP contribution in [0.15, 0.2) is 54.6 Å². The van der Waals surface area contributed by atoms with Gasteiger partial charge >= 0.3 is 0 Å². The third-order valence-electron chi connectivity index (χ3n) is 4.99. The van der Waals surface area contributed by atoms with Gasteiger partial charge in [0.25, 0.3) is 0 Å². The summed E-state index contributed by atoms with van der Waals surface area (Å²) in [5.74, 6) is 2.25. The van der Waals surface area contributed by atoms with E-state index in [2.05, 4.69) is 17.4 Å². The molecule has 1 unspecified atom stereocenters. The third kappa shape index (κ3) is 8.29. The predicted octanol–water partition coefficient (Wildman–Crippen LogP) is 4.65. The van der Waals surface area contributed by atoms with Crippen molar-refractivity contribution in [3.8, 4) is 5.75 Å². The molecule has 0 bridgehead atoms. The van der Waals surface area contributed by atoms with Crippen LogP contribution in [0.1, 0.15) is 44.2 Å². The predicted molar refractivity (Wildman–Crippen MR) is 128 cm³/mol. The lowest BCUT2D eigenvalue weighted by Crippen LogP contribution is -2.49. The van der Waals surface area contributed by atoms with Gasteiger partial charge in [0, 0.05) is 31.0 Å². The summed E-state index contributed by atoms with van der Waals surface area (Å²) >= 11 is 1.74. The summed E-state index contributed by atoms with van der Waals surface area (Å²) in [7, 11) is 1.62. The van der Waals surface area contributed by atoms with Gasteiger partial charge in [0.15, 0.2) is 0 Å². The SMILES string of the molecule is CCCNC(=O)C(CC)N(Cc1cccc(OC)c1)C(=O)CCSCc1ccccc1. The van der Waals surface area contributed by atoms with Crippen molar-refractivity contribution in [2.45, 2.75) is 51.4 Å². The van der Waals surface area contributed by atoms with Gasteiger partial charge in [-0.25, -0.2) is 0 Å². The lowest BCUT2D eigenvalue weighted by molar-refractivity contribution is -0.141. The van der Waals surface area contributed by atoms with E-state index in [0.717, 1.165) is 29.2 Å². The zero-order valence-electron chi connectivity index (χ0n) is 18.8. The molecule has 0 aromatic heterocycles. The van der Waals surface area contributed by atoms with Crippen LogP contribution in [0.2, 0.25) is 0 Å². The van der Waals surface area contributed by atoms with Crippen molar-refractivity contribution in [1.29, 1.82) is 0 Å². The number of hydrogen-bond donors (Lipinski definition) is 1. The van der Waals surface area contributed by atoms with Gasteiger partial charge in [0.1, 0.15) is 11.8 Å². The van der Waals surface area contributed by atoms with E-state index in [1.165, 1.54) is 5.56 Å². The van der Waals surface area contributed by atoms with E-state index in [0.29, 0.717) is 25.9 Å². The van der Waals surface area contributed by atoms with E-state index < -0.39 is 6.04 Å². The molecule has 0 heterocycles. The number of benzene rings is 2. The van der Waals surface area contributed by atoms with Gasteiger partial charge in [0.2, 0.25) is 11.8 Å². The molecule has 31 heavy (non-hydrogen) atoms. The molecule has 2 aromatic carbocycles. The number of carbonyl (C=O) groups excluding carboxylic acids is 2. The third-order valence-corrected chi connectivity index (χ3v) is 6.02. The monoisotopic (exact) mass is 442 g/mol. The van der Waals surface area contributed by atoms with E-state index in [-0.39, 0.29) is 11.8 Å². The van der Waals surface area contributed by atoms with Gasteiger partial charge in [-0.05, 0) is 36.1 Å². The molecular formula is C25H34N2O3S. The first-order valence-corrected chi connectivity index (χ1v) is 12.1. The Kier molecular flexibility index (Phi) is 11.0. The molecule has 0 saturated carbocycles. The topological polar surface area (TPSA) is 58.6 Å². The number of nitrogens with one attached hydrogen (secondary N) is 1. The van der Waals surface area contributed by atoms with Crippen LogP contribution in [0, 0.1) is 0 Å². The molecule has 0 saturated heterocycles. The Morgan fingerprint density at radius 2 is 1.81 bits per heavy atom. The number of rotatable bonds is 13. The second-order valence-electron chi connectivity index (χ2n) is 7.38. The Morgan fingerprint density at radius 1 is 1.06 bits per heavy atom. The Labute approximate surface area is 190 Å². The Morgan fingerprint density at radius 3 is 2.48 bits per heavy atom. The number of carbonyl (C=O) groups is 2. The maximum absolute atomic E-state index is 13.2. The number of thioether (sulfide) groups is 1. The molecule has 168 valence electrons. The normalized spacial score (nSPS) is 11.6. The van der Waals surface area contributed by atoms with Crippen molar-refractivity contribution in [1.82, 2.24) is 10.2 Å². The van der Waals surface area contributed by atoms with Crippen molar-refractivity contribution in [3.05, 3.63) is 65.7 Å². The fourth-order valence-electron chi connectivity index (χ4n) is 3.32. The second kappa shape index (κ2) is 13.8. The van der Waals surface area contributed by atoms with Gasteiger partial charge < -0.3 is 15.0 Å². The van der Waals surface area contributed by atoms with Crippen molar-refractivity contribution in [2.24, 2.45) is 0 Å². The molecule has 1 N–H and O–H groups in total. The molecule has 0 aliphatic carbocycles. The average Bonchev–Trinajstić information content (AvgIpc) is 2.81. The number of amides is 2. The zero-order valence-corrected chi connectivity index (χ0v) is 19.6. The second-order valence-corrected chi connectivity index (χ2v) is 8.48. The van der Waals surface area contributed by atoms with Crippen LogP contribution in [0.25, 0.3) is 0 Å². The van der Waals surface area contributed by atoms with Crippen molar-refractivity contribution < 1.29 is 14.3 Å². The lowest BCUT2D eigenvalue weighted by atomic mass is 10.1. The van der Waals surface area contributed by atoms with E-state index in [4.69, 9.17) is 4.74 Å². The molecule has 0 fully saturated rings. The van der Waals surface area contributed by atoms with E-state index >= 15 is 0 Å². The van der Waals surface area contributed by atoms with Gasteiger partial charge in [-0.15, -0.1) is 0 Å². The van der Waals surface area contributed by atoms with E-state index in [1.54, 1.807) is 23.8 Å².